The van der Waals surface area contributed by atoms with Crippen LogP contribution in [0.2, 0.25) is 0 Å². The lowest BCUT2D eigenvalue weighted by Gasteiger charge is -2.26. The number of anilines is 2. The summed E-state index contributed by atoms with van der Waals surface area (Å²) in [5.74, 6) is 6.53. The fourth-order valence-corrected chi connectivity index (χ4v) is 2.91. The van der Waals surface area contributed by atoms with E-state index in [9.17, 15) is 9.59 Å². The van der Waals surface area contributed by atoms with Gasteiger partial charge in [0, 0.05) is 30.1 Å². The molecule has 9 heteroatoms. The number of aromatic nitrogens is 1. The van der Waals surface area contributed by atoms with Crippen LogP contribution in [-0.4, -0.2) is 66.9 Å². The number of carbonyl (C=O) groups is 2. The average Bonchev–Trinajstić information content (AvgIpc) is 2.81. The largest absolute Gasteiger partial charge is 0.443 e. The van der Waals surface area contributed by atoms with E-state index in [-0.39, 0.29) is 26.4 Å². The lowest BCUT2D eigenvalue weighted by atomic mass is 10.2. The van der Waals surface area contributed by atoms with Gasteiger partial charge in [-0.3, -0.25) is 9.80 Å². The van der Waals surface area contributed by atoms with E-state index in [0.29, 0.717) is 17.1 Å². The first-order valence-corrected chi connectivity index (χ1v) is 12.0. The number of carbonyl (C=O) groups excluding carboxylic acids is 2. The van der Waals surface area contributed by atoms with Gasteiger partial charge in [0.25, 0.3) is 0 Å². The third-order valence-corrected chi connectivity index (χ3v) is 4.61. The first-order chi connectivity index (χ1) is 17.3. The van der Waals surface area contributed by atoms with Crippen molar-refractivity contribution in [1.82, 2.24) is 4.98 Å². The van der Waals surface area contributed by atoms with Crippen LogP contribution >= 0.6 is 0 Å². The third kappa shape index (κ3) is 10.5. The maximum Gasteiger partial charge on any atom is 0.416 e. The molecule has 1 N–H and O–H groups in total. The molecule has 0 saturated carbocycles. The molecule has 2 rings (SSSR count). The van der Waals surface area contributed by atoms with Crippen molar-refractivity contribution >= 4 is 23.7 Å². The molecule has 2 amide bonds. The van der Waals surface area contributed by atoms with E-state index < -0.39 is 23.4 Å². The zero-order valence-electron chi connectivity index (χ0n) is 22.7. The van der Waals surface area contributed by atoms with E-state index in [0.717, 1.165) is 5.56 Å². The minimum atomic E-state index is -0.663. The maximum absolute atomic E-state index is 12.7. The van der Waals surface area contributed by atoms with Gasteiger partial charge in [0.2, 0.25) is 0 Å². The quantitative estimate of drug-likeness (QED) is 0.428. The van der Waals surface area contributed by atoms with Crippen LogP contribution in [0.3, 0.4) is 0 Å². The molecule has 0 unspecified atom stereocenters. The number of benzene rings is 1. The Bertz CT molecular complexity index is 1090. The molecule has 200 valence electrons. The summed E-state index contributed by atoms with van der Waals surface area (Å²) in [7, 11) is 1.65. The molecule has 37 heavy (non-hydrogen) atoms. The molecule has 0 radical (unpaired) electrons. The van der Waals surface area contributed by atoms with Crippen LogP contribution in [0.25, 0.3) is 0 Å². The van der Waals surface area contributed by atoms with E-state index in [1.807, 2.05) is 32.9 Å². The summed E-state index contributed by atoms with van der Waals surface area (Å²) in [4.78, 5) is 32.2. The molecule has 0 aliphatic rings. The molecular formula is C28H37N3O6. The molecular weight excluding hydrogens is 474 g/mol. The lowest BCUT2D eigenvalue weighted by molar-refractivity contribution is 0.0544. The highest BCUT2D eigenvalue weighted by atomic mass is 16.6. The van der Waals surface area contributed by atoms with Crippen molar-refractivity contribution < 1.29 is 28.9 Å². The SMILES string of the molecule is CN(C(=O)OC(C)(C)C)c1ccc(C#Cc2ccc(N(CCOCCO)C(=O)OC(C)(C)C)nc2)cc1. The molecule has 0 aliphatic heterocycles. The molecule has 9 nitrogen and oxygen atoms in total. The summed E-state index contributed by atoms with van der Waals surface area (Å²) in [6.45, 7) is 11.4. The van der Waals surface area contributed by atoms with Crippen LogP contribution in [0.15, 0.2) is 42.6 Å². The molecule has 1 aromatic heterocycles. The maximum atomic E-state index is 12.7. The average molecular weight is 512 g/mol. The van der Waals surface area contributed by atoms with Crippen molar-refractivity contribution in [3.63, 3.8) is 0 Å². The lowest BCUT2D eigenvalue weighted by Crippen LogP contribution is -2.39. The molecule has 0 fully saturated rings. The monoisotopic (exact) mass is 511 g/mol. The van der Waals surface area contributed by atoms with Gasteiger partial charge in [-0.05, 0) is 77.9 Å². The Balaban J connectivity index is 2.11. The van der Waals surface area contributed by atoms with Gasteiger partial charge < -0.3 is 19.3 Å². The summed E-state index contributed by atoms with van der Waals surface area (Å²) in [6, 6.07) is 10.7. The van der Waals surface area contributed by atoms with Gasteiger partial charge in [0.1, 0.15) is 17.0 Å². The van der Waals surface area contributed by atoms with Crippen molar-refractivity contribution in [2.45, 2.75) is 52.7 Å². The van der Waals surface area contributed by atoms with Crippen molar-refractivity contribution in [1.29, 1.82) is 0 Å². The standard InChI is InChI=1S/C28H37N3O6/c1-27(2,3)36-25(33)30(7)23-13-10-21(11-14-23)8-9-22-12-15-24(29-20-22)31(16-18-35-19-17-32)26(34)37-28(4,5)6/h10-15,20,32H,16-19H2,1-7H3. The Hall–Kier alpha value is -3.61. The Labute approximate surface area is 219 Å². The van der Waals surface area contributed by atoms with Crippen LogP contribution in [0, 0.1) is 11.8 Å². The number of pyridine rings is 1. The number of hydrogen-bond acceptors (Lipinski definition) is 7. The van der Waals surface area contributed by atoms with Gasteiger partial charge in [-0.25, -0.2) is 14.6 Å². The minimum absolute atomic E-state index is 0.0960. The topological polar surface area (TPSA) is 101 Å². The van der Waals surface area contributed by atoms with E-state index >= 15 is 0 Å². The summed E-state index contributed by atoms with van der Waals surface area (Å²) in [6.07, 6.45) is 0.611. The molecule has 0 saturated heterocycles. The number of ether oxygens (including phenoxy) is 3. The zero-order chi connectivity index (χ0) is 27.6. The normalized spacial score (nSPS) is 11.2. The molecule has 0 aliphatic carbocycles. The van der Waals surface area contributed by atoms with Gasteiger partial charge in [-0.2, -0.15) is 0 Å². The van der Waals surface area contributed by atoms with Gasteiger partial charge >= 0.3 is 12.2 Å². The highest BCUT2D eigenvalue weighted by molar-refractivity contribution is 5.87. The number of nitrogens with zero attached hydrogens (tertiary/aromatic N) is 3. The van der Waals surface area contributed by atoms with Crippen LogP contribution in [0.1, 0.15) is 52.7 Å². The van der Waals surface area contributed by atoms with E-state index in [1.54, 1.807) is 58.3 Å². The summed E-state index contributed by atoms with van der Waals surface area (Å²) >= 11 is 0. The zero-order valence-corrected chi connectivity index (χ0v) is 22.7. The molecule has 2 aromatic rings. The van der Waals surface area contributed by atoms with Gasteiger partial charge in [-0.1, -0.05) is 11.8 Å². The number of rotatable bonds is 7. The number of amides is 2. The molecule has 1 aromatic carbocycles. The van der Waals surface area contributed by atoms with Gasteiger partial charge in [-0.15, -0.1) is 0 Å². The number of hydrogen-bond donors (Lipinski definition) is 1. The second-order valence-corrected chi connectivity index (χ2v) is 10.2. The highest BCUT2D eigenvalue weighted by Gasteiger charge is 2.24. The molecule has 1 heterocycles. The Kier molecular flexibility index (Phi) is 10.5. The fourth-order valence-electron chi connectivity index (χ4n) is 2.91. The first-order valence-electron chi connectivity index (χ1n) is 12.0. The van der Waals surface area contributed by atoms with Crippen LogP contribution < -0.4 is 9.80 Å². The highest BCUT2D eigenvalue weighted by Crippen LogP contribution is 2.18. The van der Waals surface area contributed by atoms with Crippen LogP contribution in [0.4, 0.5) is 21.1 Å². The van der Waals surface area contributed by atoms with Crippen molar-refractivity contribution in [3.8, 4) is 11.8 Å². The summed E-state index contributed by atoms with van der Waals surface area (Å²) < 4.78 is 16.2. The predicted octanol–water partition coefficient (Wildman–Crippen LogP) is 4.60. The van der Waals surface area contributed by atoms with Crippen LogP contribution in [0.5, 0.6) is 0 Å². The van der Waals surface area contributed by atoms with E-state index in [1.165, 1.54) is 9.80 Å². The third-order valence-electron chi connectivity index (χ3n) is 4.61. The Morgan fingerprint density at radius 2 is 1.43 bits per heavy atom. The summed E-state index contributed by atoms with van der Waals surface area (Å²) in [5, 5.41) is 8.89. The number of aliphatic hydroxyl groups is 1. The molecule has 0 spiro atoms. The fraction of sp³-hybridized carbons (Fsp3) is 0.464. The Morgan fingerprint density at radius 3 is 1.97 bits per heavy atom. The Morgan fingerprint density at radius 1 is 0.865 bits per heavy atom. The summed E-state index contributed by atoms with van der Waals surface area (Å²) in [5.41, 5.74) is 0.888. The van der Waals surface area contributed by atoms with Crippen molar-refractivity contribution in [2.24, 2.45) is 0 Å². The predicted molar refractivity (Wildman–Crippen MR) is 143 cm³/mol. The molecule has 0 bridgehead atoms. The van der Waals surface area contributed by atoms with Crippen LogP contribution in [-0.2, 0) is 14.2 Å². The van der Waals surface area contributed by atoms with Gasteiger partial charge in [0.15, 0.2) is 0 Å². The number of aliphatic hydroxyl groups excluding tert-OH is 1. The van der Waals surface area contributed by atoms with Gasteiger partial charge in [0.05, 0.1) is 26.4 Å². The van der Waals surface area contributed by atoms with E-state index in [4.69, 9.17) is 19.3 Å². The first kappa shape index (κ1) is 29.6. The second kappa shape index (κ2) is 13.1. The smallest absolute Gasteiger partial charge is 0.416 e. The second-order valence-electron chi connectivity index (χ2n) is 10.2. The van der Waals surface area contributed by atoms with Crippen molar-refractivity contribution in [3.05, 3.63) is 53.7 Å². The minimum Gasteiger partial charge on any atom is -0.443 e. The molecule has 0 atom stereocenters. The van der Waals surface area contributed by atoms with Crippen molar-refractivity contribution in [2.75, 3.05) is 43.2 Å². The van der Waals surface area contributed by atoms with E-state index in [2.05, 4.69) is 16.8 Å².